The van der Waals surface area contributed by atoms with E-state index in [1.165, 1.54) is 12.1 Å². The maximum absolute atomic E-state index is 13.9. The Hall–Kier alpha value is -0.560. The third-order valence-electron chi connectivity index (χ3n) is 3.18. The lowest BCUT2D eigenvalue weighted by molar-refractivity contribution is -0.0297. The van der Waals surface area contributed by atoms with Crippen LogP contribution >= 0.6 is 15.9 Å². The zero-order chi connectivity index (χ0) is 13.8. The predicted octanol–water partition coefficient (Wildman–Crippen LogP) is 2.15. The third kappa shape index (κ3) is 3.72. The van der Waals surface area contributed by atoms with Gasteiger partial charge < -0.3 is 10.1 Å². The molecule has 0 radical (unpaired) electrons. The first-order valence-corrected chi connectivity index (χ1v) is 7.02. The van der Waals surface area contributed by atoms with Crippen molar-refractivity contribution in [2.75, 3.05) is 33.3 Å². The fourth-order valence-electron chi connectivity index (χ4n) is 2.21. The number of hydrogen-bond acceptors (Lipinski definition) is 3. The van der Waals surface area contributed by atoms with Gasteiger partial charge in [-0.15, -0.1) is 0 Å². The van der Waals surface area contributed by atoms with Gasteiger partial charge >= 0.3 is 0 Å². The van der Waals surface area contributed by atoms with Crippen LogP contribution in [0.3, 0.4) is 0 Å². The van der Waals surface area contributed by atoms with E-state index in [-0.39, 0.29) is 18.2 Å². The number of likely N-dealkylation sites (N-methyl/N-ethyl adjacent to an activating group) is 1. The van der Waals surface area contributed by atoms with Gasteiger partial charge in [-0.05, 0) is 35.1 Å². The highest BCUT2D eigenvalue weighted by atomic mass is 79.9. The van der Waals surface area contributed by atoms with Gasteiger partial charge in [-0.3, -0.25) is 4.90 Å². The number of nitrogens with zero attached hydrogens (tertiary/aromatic N) is 1. The second-order valence-corrected chi connectivity index (χ2v) is 5.46. The molecule has 2 rings (SSSR count). The summed E-state index contributed by atoms with van der Waals surface area (Å²) in [6.45, 7) is 2.95. The van der Waals surface area contributed by atoms with Crippen molar-refractivity contribution in [3.63, 3.8) is 0 Å². The second-order valence-electron chi connectivity index (χ2n) is 4.61. The number of ether oxygens (including phenoxy) is 1. The summed E-state index contributed by atoms with van der Waals surface area (Å²) in [4.78, 5) is 2.01. The van der Waals surface area contributed by atoms with Crippen molar-refractivity contribution in [1.82, 2.24) is 10.2 Å². The average Bonchev–Trinajstić information content (AvgIpc) is 2.40. The van der Waals surface area contributed by atoms with Crippen molar-refractivity contribution in [2.45, 2.75) is 12.6 Å². The van der Waals surface area contributed by atoms with Crippen LogP contribution in [0.4, 0.5) is 8.78 Å². The lowest BCUT2D eigenvalue weighted by atomic mass is 10.1. The number of benzene rings is 1. The topological polar surface area (TPSA) is 24.5 Å². The van der Waals surface area contributed by atoms with Gasteiger partial charge in [-0.1, -0.05) is 0 Å². The van der Waals surface area contributed by atoms with Crippen LogP contribution in [0.2, 0.25) is 0 Å². The molecule has 0 aromatic heterocycles. The molecule has 1 heterocycles. The minimum absolute atomic E-state index is 0.0667. The van der Waals surface area contributed by atoms with E-state index in [0.717, 1.165) is 6.54 Å². The van der Waals surface area contributed by atoms with Crippen LogP contribution in [0.25, 0.3) is 0 Å². The molecule has 1 N–H and O–H groups in total. The van der Waals surface area contributed by atoms with E-state index in [4.69, 9.17) is 4.74 Å². The molecular formula is C13H17BrF2N2O. The first kappa shape index (κ1) is 14.8. The number of halogens is 3. The van der Waals surface area contributed by atoms with Gasteiger partial charge in [0, 0.05) is 31.7 Å². The Kier molecular flexibility index (Phi) is 5.27. The van der Waals surface area contributed by atoms with Gasteiger partial charge in [-0.2, -0.15) is 0 Å². The fraction of sp³-hybridized carbons (Fsp3) is 0.538. The molecule has 0 aliphatic carbocycles. The molecule has 0 saturated carbocycles. The number of rotatable bonds is 4. The molecule has 1 aromatic carbocycles. The summed E-state index contributed by atoms with van der Waals surface area (Å²) < 4.78 is 33.5. The highest BCUT2D eigenvalue weighted by molar-refractivity contribution is 9.10. The first-order chi connectivity index (χ1) is 9.11. The molecule has 1 aromatic rings. The fourth-order valence-corrected chi connectivity index (χ4v) is 2.58. The molecule has 1 aliphatic rings. The lowest BCUT2D eigenvalue weighted by Crippen LogP contribution is -2.45. The summed E-state index contributed by atoms with van der Waals surface area (Å²) in [5.41, 5.74) is 0.111. The molecule has 106 valence electrons. The number of nitrogens with one attached hydrogen (secondary N) is 1. The van der Waals surface area contributed by atoms with Crippen LogP contribution < -0.4 is 5.32 Å². The Labute approximate surface area is 120 Å². The molecular weight excluding hydrogens is 318 g/mol. The van der Waals surface area contributed by atoms with E-state index < -0.39 is 11.6 Å². The quantitative estimate of drug-likeness (QED) is 0.854. The second kappa shape index (κ2) is 6.74. The first-order valence-electron chi connectivity index (χ1n) is 6.22. The summed E-state index contributed by atoms with van der Waals surface area (Å²) in [5, 5.41) is 3.05. The predicted molar refractivity (Wildman–Crippen MR) is 73.0 cm³/mol. The maximum atomic E-state index is 13.9. The SMILES string of the molecule is CNCC1CN(Cc2c(F)ccc(Br)c2F)CCO1. The molecule has 0 amide bonds. The van der Waals surface area contributed by atoms with Crippen LogP contribution in [0.1, 0.15) is 5.56 Å². The van der Waals surface area contributed by atoms with Crippen molar-refractivity contribution in [1.29, 1.82) is 0 Å². The Balaban J connectivity index is 2.06. The third-order valence-corrected chi connectivity index (χ3v) is 3.79. The highest BCUT2D eigenvalue weighted by Crippen LogP contribution is 2.23. The molecule has 0 spiro atoms. The molecule has 3 nitrogen and oxygen atoms in total. The van der Waals surface area contributed by atoms with Gasteiger partial charge in [0.15, 0.2) is 0 Å². The Morgan fingerprint density at radius 3 is 3.00 bits per heavy atom. The Bertz CT molecular complexity index is 443. The van der Waals surface area contributed by atoms with Crippen LogP contribution in [-0.4, -0.2) is 44.3 Å². The van der Waals surface area contributed by atoms with E-state index in [0.29, 0.717) is 24.2 Å². The largest absolute Gasteiger partial charge is 0.374 e. The van der Waals surface area contributed by atoms with Gasteiger partial charge in [0.2, 0.25) is 0 Å². The minimum Gasteiger partial charge on any atom is -0.374 e. The van der Waals surface area contributed by atoms with Crippen molar-refractivity contribution in [3.8, 4) is 0 Å². The highest BCUT2D eigenvalue weighted by Gasteiger charge is 2.22. The molecule has 1 aliphatic heterocycles. The van der Waals surface area contributed by atoms with Crippen molar-refractivity contribution >= 4 is 15.9 Å². The van der Waals surface area contributed by atoms with Crippen LogP contribution in [0, 0.1) is 11.6 Å². The smallest absolute Gasteiger partial charge is 0.144 e. The number of morpholine rings is 1. The summed E-state index contributed by atoms with van der Waals surface area (Å²) in [5.74, 6) is -1.02. The van der Waals surface area contributed by atoms with Crippen LogP contribution in [-0.2, 0) is 11.3 Å². The molecule has 1 saturated heterocycles. The molecule has 1 unspecified atom stereocenters. The summed E-state index contributed by atoms with van der Waals surface area (Å²) in [7, 11) is 1.86. The molecule has 1 fully saturated rings. The van der Waals surface area contributed by atoms with Gasteiger partial charge in [0.1, 0.15) is 11.6 Å². The average molecular weight is 335 g/mol. The zero-order valence-corrected chi connectivity index (χ0v) is 12.3. The van der Waals surface area contributed by atoms with E-state index in [1.54, 1.807) is 0 Å². The minimum atomic E-state index is -0.517. The lowest BCUT2D eigenvalue weighted by Gasteiger charge is -2.33. The van der Waals surface area contributed by atoms with Gasteiger partial charge in [-0.25, -0.2) is 8.78 Å². The maximum Gasteiger partial charge on any atom is 0.144 e. The van der Waals surface area contributed by atoms with E-state index in [2.05, 4.69) is 21.2 Å². The monoisotopic (exact) mass is 334 g/mol. The van der Waals surface area contributed by atoms with E-state index >= 15 is 0 Å². The molecule has 6 heteroatoms. The van der Waals surface area contributed by atoms with E-state index in [9.17, 15) is 8.78 Å². The zero-order valence-electron chi connectivity index (χ0n) is 10.8. The summed E-state index contributed by atoms with van der Waals surface area (Å²) in [6, 6.07) is 2.67. The molecule has 0 bridgehead atoms. The Morgan fingerprint density at radius 1 is 1.47 bits per heavy atom. The van der Waals surface area contributed by atoms with Crippen molar-refractivity contribution < 1.29 is 13.5 Å². The standard InChI is InChI=1S/C13H17BrF2N2O/c1-17-6-9-7-18(4-5-19-9)8-10-12(15)3-2-11(14)13(10)16/h2-3,9,17H,4-8H2,1H3. The van der Waals surface area contributed by atoms with Crippen molar-refractivity contribution in [3.05, 3.63) is 33.8 Å². The van der Waals surface area contributed by atoms with Crippen LogP contribution in [0.15, 0.2) is 16.6 Å². The normalized spacial score (nSPS) is 20.7. The molecule has 19 heavy (non-hydrogen) atoms. The number of hydrogen-bond donors (Lipinski definition) is 1. The van der Waals surface area contributed by atoms with Crippen molar-refractivity contribution in [2.24, 2.45) is 0 Å². The van der Waals surface area contributed by atoms with E-state index in [1.807, 2.05) is 11.9 Å². The summed E-state index contributed by atoms with van der Waals surface area (Å²) >= 11 is 3.09. The Morgan fingerprint density at radius 2 is 2.26 bits per heavy atom. The van der Waals surface area contributed by atoms with Gasteiger partial charge in [0.05, 0.1) is 17.2 Å². The summed E-state index contributed by atoms with van der Waals surface area (Å²) in [6.07, 6.45) is 0.0667. The molecule has 1 atom stereocenters. The van der Waals surface area contributed by atoms with Gasteiger partial charge in [0.25, 0.3) is 0 Å². The van der Waals surface area contributed by atoms with Crippen LogP contribution in [0.5, 0.6) is 0 Å².